The van der Waals surface area contributed by atoms with Gasteiger partial charge in [-0.3, -0.25) is 0 Å². The zero-order valence-electron chi connectivity index (χ0n) is 7.44. The number of carbonyl (C=O) groups is 1. The summed E-state index contributed by atoms with van der Waals surface area (Å²) in [6.45, 7) is 0. The number of rotatable bonds is 1. The Morgan fingerprint density at radius 1 is 1.07 bits per heavy atom. The molecule has 0 bridgehead atoms. The molecule has 2 nitrogen and oxygen atoms in total. The van der Waals surface area contributed by atoms with E-state index in [0.29, 0.717) is 5.56 Å². The predicted octanol–water partition coefficient (Wildman–Crippen LogP) is 2.08. The molecule has 0 spiro atoms. The molecular weight excluding hydrogens is 175 g/mol. The molecule has 0 aliphatic rings. The van der Waals surface area contributed by atoms with Gasteiger partial charge in [-0.25, -0.2) is 4.79 Å². The summed E-state index contributed by atoms with van der Waals surface area (Å²) in [5.74, 6) is -0.512. The van der Waals surface area contributed by atoms with Crippen LogP contribution in [-0.4, -0.2) is 14.0 Å². The Balaban J connectivity index is 2.71. The van der Waals surface area contributed by atoms with E-state index in [2.05, 4.69) is 4.65 Å². The van der Waals surface area contributed by atoms with Gasteiger partial charge < -0.3 is 4.65 Å². The average molecular weight is 182 g/mol. The predicted molar refractivity (Wildman–Crippen MR) is 55.1 cm³/mol. The minimum Gasteiger partial charge on any atom is -0.540 e. The zero-order valence-corrected chi connectivity index (χ0v) is 7.44. The lowest BCUT2D eigenvalue weighted by molar-refractivity contribution is 0.0751. The first-order chi connectivity index (χ1) is 6.83. The van der Waals surface area contributed by atoms with Crippen molar-refractivity contribution in [1.29, 1.82) is 0 Å². The summed E-state index contributed by atoms with van der Waals surface area (Å²) in [7, 11) is 4.85. The molecule has 66 valence electrons. The maximum atomic E-state index is 11.3. The van der Waals surface area contributed by atoms with E-state index in [1.165, 1.54) is 0 Å². The highest BCUT2D eigenvalue weighted by Crippen LogP contribution is 2.18. The van der Waals surface area contributed by atoms with Crippen LogP contribution < -0.4 is 0 Å². The van der Waals surface area contributed by atoms with Crippen LogP contribution in [0, 0.1) is 0 Å². The molecule has 0 aromatic heterocycles. The molecule has 0 saturated heterocycles. The highest BCUT2D eigenvalue weighted by Gasteiger charge is 2.07. The van der Waals surface area contributed by atoms with E-state index in [-0.39, 0.29) is 0 Å². The lowest BCUT2D eigenvalue weighted by Gasteiger charge is -2.03. The Kier molecular flexibility index (Phi) is 2.23. The van der Waals surface area contributed by atoms with Crippen molar-refractivity contribution in [3.8, 4) is 0 Å². The second-order valence-corrected chi connectivity index (χ2v) is 2.93. The van der Waals surface area contributed by atoms with Crippen molar-refractivity contribution >= 4 is 24.8 Å². The third-order valence-corrected chi connectivity index (χ3v) is 2.12. The van der Waals surface area contributed by atoms with Gasteiger partial charge in [0.1, 0.15) is 0 Å². The second kappa shape index (κ2) is 3.54. The van der Waals surface area contributed by atoms with Crippen LogP contribution in [-0.2, 0) is 4.65 Å². The van der Waals surface area contributed by atoms with Crippen molar-refractivity contribution in [2.45, 2.75) is 0 Å². The molecule has 0 atom stereocenters. The molecule has 0 aliphatic carbocycles. The van der Waals surface area contributed by atoms with Gasteiger partial charge in [0, 0.05) is 0 Å². The molecule has 2 radical (unpaired) electrons. The van der Waals surface area contributed by atoms with Gasteiger partial charge in [0.25, 0.3) is 0 Å². The standard InChI is InChI=1S/C11H7BO2/c12-14-11(13)10-7-3-5-8-4-1-2-6-9(8)10/h1-7H. The molecule has 0 heterocycles. The number of hydrogen-bond donors (Lipinski definition) is 0. The maximum Gasteiger partial charge on any atom is 0.378 e. The fourth-order valence-corrected chi connectivity index (χ4v) is 1.47. The van der Waals surface area contributed by atoms with Gasteiger partial charge in [-0.2, -0.15) is 0 Å². The van der Waals surface area contributed by atoms with Crippen LogP contribution in [0.2, 0.25) is 0 Å². The topological polar surface area (TPSA) is 26.3 Å². The smallest absolute Gasteiger partial charge is 0.378 e. The highest BCUT2D eigenvalue weighted by molar-refractivity contribution is 6.13. The number of fused-ring (bicyclic) bond motifs is 1. The van der Waals surface area contributed by atoms with Crippen LogP contribution in [0.5, 0.6) is 0 Å². The first-order valence-electron chi connectivity index (χ1n) is 4.22. The van der Waals surface area contributed by atoms with Gasteiger partial charge in [0.2, 0.25) is 0 Å². The molecular formula is C11H7BO2. The van der Waals surface area contributed by atoms with E-state index in [1.54, 1.807) is 12.1 Å². The van der Waals surface area contributed by atoms with Crippen molar-refractivity contribution in [2.75, 3.05) is 0 Å². The van der Waals surface area contributed by atoms with Crippen LogP contribution in [0.1, 0.15) is 10.4 Å². The molecule has 0 aliphatic heterocycles. The molecule has 0 N–H and O–H groups in total. The first-order valence-corrected chi connectivity index (χ1v) is 4.22. The van der Waals surface area contributed by atoms with Crippen molar-refractivity contribution in [2.24, 2.45) is 0 Å². The van der Waals surface area contributed by atoms with Gasteiger partial charge in [0.15, 0.2) is 0 Å². The molecule has 0 saturated carbocycles. The maximum absolute atomic E-state index is 11.3. The first kappa shape index (κ1) is 8.82. The lowest BCUT2D eigenvalue weighted by atomic mass is 10.0. The van der Waals surface area contributed by atoms with Gasteiger partial charge >= 0.3 is 14.0 Å². The van der Waals surface area contributed by atoms with Gasteiger partial charge in [0.05, 0.1) is 5.56 Å². The molecule has 2 rings (SSSR count). The van der Waals surface area contributed by atoms with Gasteiger partial charge in [-0.15, -0.1) is 0 Å². The van der Waals surface area contributed by atoms with Crippen molar-refractivity contribution < 1.29 is 9.45 Å². The van der Waals surface area contributed by atoms with Crippen molar-refractivity contribution in [1.82, 2.24) is 0 Å². The summed E-state index contributed by atoms with van der Waals surface area (Å²) < 4.78 is 4.21. The largest absolute Gasteiger partial charge is 0.540 e. The zero-order chi connectivity index (χ0) is 9.97. The molecule has 14 heavy (non-hydrogen) atoms. The van der Waals surface area contributed by atoms with E-state index in [4.69, 9.17) is 8.05 Å². The summed E-state index contributed by atoms with van der Waals surface area (Å²) in [5.41, 5.74) is 0.491. The SMILES string of the molecule is [B]OC(=O)c1cccc2ccccc12. The van der Waals surface area contributed by atoms with Crippen LogP contribution in [0.3, 0.4) is 0 Å². The highest BCUT2D eigenvalue weighted by atomic mass is 16.5. The lowest BCUT2D eigenvalue weighted by Crippen LogP contribution is -2.02. The van der Waals surface area contributed by atoms with Crippen LogP contribution in [0.15, 0.2) is 42.5 Å². The van der Waals surface area contributed by atoms with Crippen molar-refractivity contribution in [3.05, 3.63) is 48.0 Å². The second-order valence-electron chi connectivity index (χ2n) is 2.93. The Bertz CT molecular complexity index is 474. The Morgan fingerprint density at radius 3 is 2.57 bits per heavy atom. The van der Waals surface area contributed by atoms with E-state index in [9.17, 15) is 4.79 Å². The van der Waals surface area contributed by atoms with Crippen molar-refractivity contribution in [3.63, 3.8) is 0 Å². The monoisotopic (exact) mass is 182 g/mol. The van der Waals surface area contributed by atoms with E-state index in [1.807, 2.05) is 30.3 Å². The number of carbonyl (C=O) groups excluding carboxylic acids is 1. The van der Waals surface area contributed by atoms with Gasteiger partial charge in [-0.05, 0) is 16.8 Å². The summed E-state index contributed by atoms with van der Waals surface area (Å²) in [6, 6.07) is 13.0. The van der Waals surface area contributed by atoms with E-state index >= 15 is 0 Å². The Labute approximate surface area is 82.9 Å². The number of benzene rings is 2. The Morgan fingerprint density at radius 2 is 1.79 bits per heavy atom. The minimum absolute atomic E-state index is 0.491. The molecule has 0 fully saturated rings. The minimum atomic E-state index is -0.512. The summed E-state index contributed by atoms with van der Waals surface area (Å²) in [6.07, 6.45) is 0. The molecule has 3 heteroatoms. The van der Waals surface area contributed by atoms with E-state index < -0.39 is 5.97 Å². The molecule has 2 aromatic rings. The third-order valence-electron chi connectivity index (χ3n) is 2.12. The average Bonchev–Trinajstić information content (AvgIpc) is 2.27. The number of hydrogen-bond acceptors (Lipinski definition) is 2. The van der Waals surface area contributed by atoms with Crippen LogP contribution in [0.4, 0.5) is 0 Å². The van der Waals surface area contributed by atoms with Crippen LogP contribution in [0.25, 0.3) is 10.8 Å². The van der Waals surface area contributed by atoms with Crippen LogP contribution >= 0.6 is 0 Å². The fraction of sp³-hybridized carbons (Fsp3) is 0. The summed E-state index contributed by atoms with van der Waals surface area (Å²) in [4.78, 5) is 11.3. The summed E-state index contributed by atoms with van der Waals surface area (Å²) >= 11 is 0. The third kappa shape index (κ3) is 1.37. The Hall–Kier alpha value is -1.77. The van der Waals surface area contributed by atoms with Gasteiger partial charge in [-0.1, -0.05) is 36.4 Å². The normalized spacial score (nSPS) is 10.0. The molecule has 0 amide bonds. The molecule has 2 aromatic carbocycles. The molecule has 0 unspecified atom stereocenters. The fourth-order valence-electron chi connectivity index (χ4n) is 1.47. The quantitative estimate of drug-likeness (QED) is 0.631. The summed E-state index contributed by atoms with van der Waals surface area (Å²) in [5, 5.41) is 1.85. The van der Waals surface area contributed by atoms with E-state index in [0.717, 1.165) is 10.8 Å².